The first-order valence-corrected chi connectivity index (χ1v) is 6.63. The first-order chi connectivity index (χ1) is 10.0. The summed E-state index contributed by atoms with van der Waals surface area (Å²) in [6.45, 7) is 0.876. The number of tetrazole rings is 1. The Morgan fingerprint density at radius 1 is 1.33 bits per heavy atom. The molecule has 1 saturated heterocycles. The minimum Gasteiger partial charge on any atom is -0.392 e. The van der Waals surface area contributed by atoms with E-state index in [9.17, 15) is 13.9 Å². The lowest BCUT2D eigenvalue weighted by atomic mass is 10.0. The highest BCUT2D eigenvalue weighted by molar-refractivity contribution is 5.23. The van der Waals surface area contributed by atoms with Gasteiger partial charge in [-0.25, -0.2) is 13.5 Å². The Kier molecular flexibility index (Phi) is 3.64. The monoisotopic (exact) mass is 295 g/mol. The summed E-state index contributed by atoms with van der Waals surface area (Å²) >= 11 is 0. The molecule has 2 atom stereocenters. The third-order valence-electron chi connectivity index (χ3n) is 3.76. The Labute approximate surface area is 120 Å². The summed E-state index contributed by atoms with van der Waals surface area (Å²) in [5, 5.41) is 21.1. The minimum atomic E-state index is -0.880. The fourth-order valence-electron chi connectivity index (χ4n) is 2.68. The van der Waals surface area contributed by atoms with Crippen molar-refractivity contribution in [2.45, 2.75) is 25.1 Å². The van der Waals surface area contributed by atoms with Crippen molar-refractivity contribution in [3.63, 3.8) is 0 Å². The van der Waals surface area contributed by atoms with Crippen LogP contribution in [0.25, 0.3) is 0 Å². The largest absolute Gasteiger partial charge is 0.392 e. The van der Waals surface area contributed by atoms with E-state index >= 15 is 0 Å². The lowest BCUT2D eigenvalue weighted by molar-refractivity contribution is 0.170. The van der Waals surface area contributed by atoms with Crippen molar-refractivity contribution in [3.8, 4) is 0 Å². The van der Waals surface area contributed by atoms with Crippen molar-refractivity contribution >= 4 is 0 Å². The molecular formula is C13H15F2N5O. The van der Waals surface area contributed by atoms with Crippen molar-refractivity contribution in [2.24, 2.45) is 7.05 Å². The van der Waals surface area contributed by atoms with E-state index < -0.39 is 17.7 Å². The number of aromatic nitrogens is 4. The normalized spacial score (nSPS) is 22.9. The molecule has 0 saturated carbocycles. The average Bonchev–Trinajstić information content (AvgIpc) is 3.00. The summed E-state index contributed by atoms with van der Waals surface area (Å²) in [7, 11) is 1.73. The average molecular weight is 295 g/mol. The van der Waals surface area contributed by atoms with Crippen molar-refractivity contribution < 1.29 is 13.9 Å². The molecule has 6 nitrogen and oxygen atoms in total. The van der Waals surface area contributed by atoms with Crippen molar-refractivity contribution in [3.05, 3.63) is 41.2 Å². The number of rotatable bonds is 3. The van der Waals surface area contributed by atoms with Gasteiger partial charge in [-0.15, -0.1) is 5.10 Å². The summed E-state index contributed by atoms with van der Waals surface area (Å²) in [6, 6.07) is 3.65. The van der Waals surface area contributed by atoms with Crippen LogP contribution in [-0.2, 0) is 13.6 Å². The minimum absolute atomic E-state index is 0.188. The molecule has 8 heteroatoms. The number of benzene rings is 1. The Balaban J connectivity index is 1.85. The second kappa shape index (κ2) is 5.45. The fraction of sp³-hybridized carbons (Fsp3) is 0.462. The van der Waals surface area contributed by atoms with Gasteiger partial charge in [0, 0.05) is 19.6 Å². The third kappa shape index (κ3) is 2.77. The van der Waals surface area contributed by atoms with Crippen LogP contribution in [0.15, 0.2) is 18.2 Å². The standard InChI is InChI=1S/C13H15F2N5O/c1-19-13(16-17-18-19)7-20-6-9(21)5-12(20)8-2-3-10(14)11(15)4-8/h2-4,9,12,21H,5-7H2,1H3. The lowest BCUT2D eigenvalue weighted by Crippen LogP contribution is -2.26. The zero-order chi connectivity index (χ0) is 15.0. The number of aliphatic hydroxyl groups excluding tert-OH is 1. The number of hydrogen-bond acceptors (Lipinski definition) is 5. The van der Waals surface area contributed by atoms with Crippen LogP contribution in [0, 0.1) is 11.6 Å². The van der Waals surface area contributed by atoms with E-state index in [2.05, 4.69) is 15.5 Å². The van der Waals surface area contributed by atoms with Crippen LogP contribution < -0.4 is 0 Å². The SMILES string of the molecule is Cn1nnnc1CN1CC(O)CC1c1ccc(F)c(F)c1. The Morgan fingerprint density at radius 2 is 2.14 bits per heavy atom. The summed E-state index contributed by atoms with van der Waals surface area (Å²) in [5.41, 5.74) is 0.639. The number of hydrogen-bond donors (Lipinski definition) is 1. The van der Waals surface area contributed by atoms with Crippen LogP contribution in [-0.4, -0.2) is 42.9 Å². The summed E-state index contributed by atoms with van der Waals surface area (Å²) in [4.78, 5) is 1.96. The Bertz CT molecular complexity index is 647. The molecule has 0 aliphatic carbocycles. The second-order valence-corrected chi connectivity index (χ2v) is 5.23. The van der Waals surface area contributed by atoms with Gasteiger partial charge in [0.2, 0.25) is 0 Å². The molecule has 1 aliphatic rings. The van der Waals surface area contributed by atoms with Gasteiger partial charge in [-0.2, -0.15) is 0 Å². The topological polar surface area (TPSA) is 67.1 Å². The maximum absolute atomic E-state index is 13.4. The van der Waals surface area contributed by atoms with E-state index in [1.807, 2.05) is 4.90 Å². The maximum Gasteiger partial charge on any atom is 0.165 e. The molecule has 1 fully saturated rings. The van der Waals surface area contributed by atoms with E-state index in [4.69, 9.17) is 0 Å². The highest BCUT2D eigenvalue weighted by Crippen LogP contribution is 2.33. The molecule has 0 spiro atoms. The first kappa shape index (κ1) is 14.0. The molecule has 0 radical (unpaired) electrons. The van der Waals surface area contributed by atoms with Gasteiger partial charge >= 0.3 is 0 Å². The van der Waals surface area contributed by atoms with E-state index in [1.54, 1.807) is 17.8 Å². The van der Waals surface area contributed by atoms with Crippen LogP contribution in [0.3, 0.4) is 0 Å². The Hall–Kier alpha value is -1.93. The smallest absolute Gasteiger partial charge is 0.165 e. The molecule has 1 aliphatic heterocycles. The van der Waals surface area contributed by atoms with Crippen LogP contribution in [0.2, 0.25) is 0 Å². The zero-order valence-corrected chi connectivity index (χ0v) is 11.4. The maximum atomic E-state index is 13.4. The van der Waals surface area contributed by atoms with Crippen LogP contribution in [0.1, 0.15) is 23.9 Å². The number of aliphatic hydroxyl groups is 1. The highest BCUT2D eigenvalue weighted by Gasteiger charge is 2.33. The number of halogens is 2. The number of likely N-dealkylation sites (tertiary alicyclic amines) is 1. The predicted octanol–water partition coefficient (Wildman–Crippen LogP) is 0.796. The van der Waals surface area contributed by atoms with Crippen molar-refractivity contribution in [1.82, 2.24) is 25.1 Å². The Morgan fingerprint density at radius 3 is 2.81 bits per heavy atom. The van der Waals surface area contributed by atoms with Gasteiger partial charge in [0.1, 0.15) is 0 Å². The summed E-state index contributed by atoms with van der Waals surface area (Å²) in [6.07, 6.45) is -0.0413. The van der Waals surface area contributed by atoms with Crippen molar-refractivity contribution in [2.75, 3.05) is 6.54 Å². The molecule has 2 heterocycles. The molecule has 3 rings (SSSR count). The van der Waals surface area contributed by atoms with Crippen molar-refractivity contribution in [1.29, 1.82) is 0 Å². The van der Waals surface area contributed by atoms with Gasteiger partial charge in [0.25, 0.3) is 0 Å². The molecule has 1 aromatic carbocycles. The lowest BCUT2D eigenvalue weighted by Gasteiger charge is -2.23. The van der Waals surface area contributed by atoms with Gasteiger partial charge in [0.15, 0.2) is 17.5 Å². The van der Waals surface area contributed by atoms with E-state index in [0.717, 1.165) is 6.07 Å². The van der Waals surface area contributed by atoms with Gasteiger partial charge in [-0.3, -0.25) is 4.90 Å². The third-order valence-corrected chi connectivity index (χ3v) is 3.76. The molecule has 2 unspecified atom stereocenters. The van der Waals surface area contributed by atoms with E-state index in [-0.39, 0.29) is 6.04 Å². The first-order valence-electron chi connectivity index (χ1n) is 6.63. The highest BCUT2D eigenvalue weighted by atomic mass is 19.2. The van der Waals surface area contributed by atoms with Crippen LogP contribution >= 0.6 is 0 Å². The molecule has 21 heavy (non-hydrogen) atoms. The van der Waals surface area contributed by atoms with E-state index in [1.165, 1.54) is 6.07 Å². The van der Waals surface area contributed by atoms with Gasteiger partial charge < -0.3 is 5.11 Å². The summed E-state index contributed by atoms with van der Waals surface area (Å²) < 4.78 is 28.0. The number of aryl methyl sites for hydroxylation is 1. The molecule has 112 valence electrons. The molecule has 0 bridgehead atoms. The number of nitrogens with zero attached hydrogens (tertiary/aromatic N) is 5. The zero-order valence-electron chi connectivity index (χ0n) is 11.4. The quantitative estimate of drug-likeness (QED) is 0.907. The molecule has 2 aromatic rings. The van der Waals surface area contributed by atoms with Gasteiger partial charge in [0.05, 0.1) is 12.6 Å². The molecule has 1 N–H and O–H groups in total. The molecule has 0 amide bonds. The van der Waals surface area contributed by atoms with Crippen LogP contribution in [0.4, 0.5) is 8.78 Å². The molecular weight excluding hydrogens is 280 g/mol. The second-order valence-electron chi connectivity index (χ2n) is 5.23. The fourth-order valence-corrected chi connectivity index (χ4v) is 2.68. The number of β-amino-alcohol motifs (C(OH)–C–C–N with tert-alkyl or cyclic N) is 1. The van der Waals surface area contributed by atoms with Gasteiger partial charge in [-0.05, 0) is 34.5 Å². The predicted molar refractivity (Wildman–Crippen MR) is 68.9 cm³/mol. The summed E-state index contributed by atoms with van der Waals surface area (Å²) in [5.74, 6) is -1.10. The van der Waals surface area contributed by atoms with E-state index in [0.29, 0.717) is 30.9 Å². The van der Waals surface area contributed by atoms with Crippen LogP contribution in [0.5, 0.6) is 0 Å². The van der Waals surface area contributed by atoms with Gasteiger partial charge in [-0.1, -0.05) is 6.07 Å². The molecule has 1 aromatic heterocycles.